The van der Waals surface area contributed by atoms with Crippen molar-refractivity contribution in [3.05, 3.63) is 17.7 Å². The van der Waals surface area contributed by atoms with Crippen LogP contribution in [-0.2, 0) is 11.2 Å². The lowest BCUT2D eigenvalue weighted by Gasteiger charge is -2.24. The van der Waals surface area contributed by atoms with Gasteiger partial charge in [-0.2, -0.15) is 0 Å². The van der Waals surface area contributed by atoms with Gasteiger partial charge in [0, 0.05) is 17.8 Å². The Kier molecular flexibility index (Phi) is 4.04. The number of imidazole rings is 1. The third-order valence-corrected chi connectivity index (χ3v) is 3.74. The van der Waals surface area contributed by atoms with Gasteiger partial charge in [0.1, 0.15) is 5.82 Å². The SMILES string of the molecule is CC(C)Cc1cnc(C2CCC(C(=O)O)CC2)[nH]1. The zero-order valence-corrected chi connectivity index (χ0v) is 11.1. The maximum atomic E-state index is 10.9. The second-order valence-electron chi connectivity index (χ2n) is 5.78. The number of hydrogen-bond donors (Lipinski definition) is 2. The summed E-state index contributed by atoms with van der Waals surface area (Å²) in [6, 6.07) is 0. The predicted molar refractivity (Wildman–Crippen MR) is 69.5 cm³/mol. The van der Waals surface area contributed by atoms with E-state index in [1.54, 1.807) is 0 Å². The van der Waals surface area contributed by atoms with E-state index in [1.165, 1.54) is 5.69 Å². The Balaban J connectivity index is 1.93. The number of carboxylic acid groups (broad SMARTS) is 1. The number of nitrogens with zero attached hydrogens (tertiary/aromatic N) is 1. The zero-order chi connectivity index (χ0) is 13.1. The molecule has 0 saturated heterocycles. The molecule has 100 valence electrons. The summed E-state index contributed by atoms with van der Waals surface area (Å²) >= 11 is 0. The molecule has 0 amide bonds. The number of H-pyrrole nitrogens is 1. The van der Waals surface area contributed by atoms with E-state index in [2.05, 4.69) is 23.8 Å². The minimum absolute atomic E-state index is 0.147. The highest BCUT2D eigenvalue weighted by Crippen LogP contribution is 2.34. The van der Waals surface area contributed by atoms with Gasteiger partial charge in [-0.3, -0.25) is 4.79 Å². The van der Waals surface area contributed by atoms with Gasteiger partial charge in [0.2, 0.25) is 0 Å². The second kappa shape index (κ2) is 5.55. The third-order valence-electron chi connectivity index (χ3n) is 3.74. The number of carbonyl (C=O) groups is 1. The van der Waals surface area contributed by atoms with Crippen molar-refractivity contribution in [1.82, 2.24) is 9.97 Å². The molecule has 1 aromatic rings. The van der Waals surface area contributed by atoms with Gasteiger partial charge >= 0.3 is 5.97 Å². The van der Waals surface area contributed by atoms with E-state index in [0.29, 0.717) is 11.8 Å². The average molecular weight is 250 g/mol. The molecule has 2 rings (SSSR count). The molecule has 0 unspecified atom stereocenters. The number of aromatic nitrogens is 2. The first-order chi connectivity index (χ1) is 8.56. The van der Waals surface area contributed by atoms with Gasteiger partial charge in [-0.25, -0.2) is 4.98 Å². The lowest BCUT2D eigenvalue weighted by atomic mass is 9.82. The first-order valence-electron chi connectivity index (χ1n) is 6.83. The minimum Gasteiger partial charge on any atom is -0.481 e. The zero-order valence-electron chi connectivity index (χ0n) is 11.1. The van der Waals surface area contributed by atoms with Crippen LogP contribution in [0.1, 0.15) is 57.0 Å². The molecule has 2 N–H and O–H groups in total. The van der Waals surface area contributed by atoms with E-state index in [9.17, 15) is 4.79 Å². The maximum Gasteiger partial charge on any atom is 0.306 e. The fourth-order valence-electron chi connectivity index (χ4n) is 2.74. The minimum atomic E-state index is -0.645. The van der Waals surface area contributed by atoms with Gasteiger partial charge in [-0.1, -0.05) is 13.8 Å². The van der Waals surface area contributed by atoms with Crippen LogP contribution < -0.4 is 0 Å². The maximum absolute atomic E-state index is 10.9. The Morgan fingerprint density at radius 1 is 1.44 bits per heavy atom. The fourth-order valence-corrected chi connectivity index (χ4v) is 2.74. The van der Waals surface area contributed by atoms with Crippen LogP contribution >= 0.6 is 0 Å². The molecular formula is C14H22N2O2. The Bertz CT molecular complexity index is 404. The number of aromatic amines is 1. The smallest absolute Gasteiger partial charge is 0.306 e. The summed E-state index contributed by atoms with van der Waals surface area (Å²) in [6.07, 6.45) is 6.38. The first kappa shape index (κ1) is 13.1. The van der Waals surface area contributed by atoms with Crippen molar-refractivity contribution >= 4 is 5.97 Å². The van der Waals surface area contributed by atoms with Crippen LogP contribution in [0.5, 0.6) is 0 Å². The molecule has 0 aromatic carbocycles. The predicted octanol–water partition coefficient (Wildman–Crippen LogP) is 2.97. The Labute approximate surface area is 108 Å². The summed E-state index contributed by atoms with van der Waals surface area (Å²) in [7, 11) is 0. The number of rotatable bonds is 4. The lowest BCUT2D eigenvalue weighted by molar-refractivity contribution is -0.142. The quantitative estimate of drug-likeness (QED) is 0.863. The Hall–Kier alpha value is -1.32. The van der Waals surface area contributed by atoms with Crippen LogP contribution in [0.2, 0.25) is 0 Å². The van der Waals surface area contributed by atoms with Crippen molar-refractivity contribution in [2.45, 2.75) is 51.9 Å². The summed E-state index contributed by atoms with van der Waals surface area (Å²) in [5.41, 5.74) is 1.19. The standard InChI is InChI=1S/C14H22N2O2/c1-9(2)7-12-8-15-13(16-12)10-3-5-11(6-4-10)14(17)18/h8-11H,3-7H2,1-2H3,(H,15,16)(H,17,18). The molecule has 1 fully saturated rings. The molecular weight excluding hydrogens is 228 g/mol. The molecule has 0 bridgehead atoms. The fraction of sp³-hybridized carbons (Fsp3) is 0.714. The van der Waals surface area contributed by atoms with Gasteiger partial charge in [0.15, 0.2) is 0 Å². The molecule has 4 nitrogen and oxygen atoms in total. The van der Waals surface area contributed by atoms with E-state index < -0.39 is 5.97 Å². The monoisotopic (exact) mass is 250 g/mol. The van der Waals surface area contributed by atoms with E-state index in [1.807, 2.05) is 6.20 Å². The van der Waals surface area contributed by atoms with Gasteiger partial charge < -0.3 is 10.1 Å². The van der Waals surface area contributed by atoms with Crippen molar-refractivity contribution in [2.75, 3.05) is 0 Å². The summed E-state index contributed by atoms with van der Waals surface area (Å²) in [6.45, 7) is 4.39. The number of aliphatic carboxylic acids is 1. The second-order valence-corrected chi connectivity index (χ2v) is 5.78. The third kappa shape index (κ3) is 3.12. The summed E-state index contributed by atoms with van der Waals surface area (Å²) < 4.78 is 0. The Morgan fingerprint density at radius 2 is 2.11 bits per heavy atom. The van der Waals surface area contributed by atoms with Crippen molar-refractivity contribution in [3.8, 4) is 0 Å². The summed E-state index contributed by atoms with van der Waals surface area (Å²) in [4.78, 5) is 18.8. The van der Waals surface area contributed by atoms with Gasteiger partial charge in [-0.15, -0.1) is 0 Å². The van der Waals surface area contributed by atoms with Crippen LogP contribution in [0, 0.1) is 11.8 Å². The first-order valence-corrected chi connectivity index (χ1v) is 6.83. The van der Waals surface area contributed by atoms with Crippen molar-refractivity contribution in [2.24, 2.45) is 11.8 Å². The molecule has 0 atom stereocenters. The van der Waals surface area contributed by atoms with Gasteiger partial charge in [0.25, 0.3) is 0 Å². The number of carboxylic acids is 1. The van der Waals surface area contributed by atoms with Crippen LogP contribution in [-0.4, -0.2) is 21.0 Å². The molecule has 18 heavy (non-hydrogen) atoms. The normalized spacial score (nSPS) is 24.4. The van der Waals surface area contributed by atoms with Crippen molar-refractivity contribution in [1.29, 1.82) is 0 Å². The molecule has 0 radical (unpaired) electrons. The van der Waals surface area contributed by atoms with Crippen LogP contribution in [0.3, 0.4) is 0 Å². The molecule has 1 aromatic heterocycles. The number of hydrogen-bond acceptors (Lipinski definition) is 2. The van der Waals surface area contributed by atoms with Gasteiger partial charge in [0.05, 0.1) is 5.92 Å². The Morgan fingerprint density at radius 3 is 2.67 bits per heavy atom. The summed E-state index contributed by atoms with van der Waals surface area (Å²) in [5, 5.41) is 8.97. The van der Waals surface area contributed by atoms with E-state index in [0.717, 1.165) is 37.9 Å². The highest BCUT2D eigenvalue weighted by atomic mass is 16.4. The lowest BCUT2D eigenvalue weighted by Crippen LogP contribution is -2.21. The number of nitrogens with one attached hydrogen (secondary N) is 1. The molecule has 0 aliphatic heterocycles. The van der Waals surface area contributed by atoms with Crippen LogP contribution in [0.25, 0.3) is 0 Å². The molecule has 1 heterocycles. The van der Waals surface area contributed by atoms with Crippen LogP contribution in [0.15, 0.2) is 6.20 Å². The molecule has 0 spiro atoms. The molecule has 4 heteroatoms. The van der Waals surface area contributed by atoms with Crippen LogP contribution in [0.4, 0.5) is 0 Å². The molecule has 1 aliphatic carbocycles. The van der Waals surface area contributed by atoms with E-state index in [-0.39, 0.29) is 5.92 Å². The van der Waals surface area contributed by atoms with Crippen molar-refractivity contribution in [3.63, 3.8) is 0 Å². The molecule has 1 aliphatic rings. The topological polar surface area (TPSA) is 66.0 Å². The van der Waals surface area contributed by atoms with Gasteiger partial charge in [-0.05, 0) is 38.0 Å². The molecule has 1 saturated carbocycles. The summed E-state index contributed by atoms with van der Waals surface area (Å²) in [5.74, 6) is 1.30. The van der Waals surface area contributed by atoms with Crippen molar-refractivity contribution < 1.29 is 9.90 Å². The average Bonchev–Trinajstić information content (AvgIpc) is 2.76. The largest absolute Gasteiger partial charge is 0.481 e. The highest BCUT2D eigenvalue weighted by molar-refractivity contribution is 5.70. The van der Waals surface area contributed by atoms with E-state index in [4.69, 9.17) is 5.11 Å². The van der Waals surface area contributed by atoms with E-state index >= 15 is 0 Å². The highest BCUT2D eigenvalue weighted by Gasteiger charge is 2.28.